The van der Waals surface area contributed by atoms with E-state index in [0.29, 0.717) is 12.0 Å². The summed E-state index contributed by atoms with van der Waals surface area (Å²) < 4.78 is 5.83. The normalized spacial score (nSPS) is 18.1. The summed E-state index contributed by atoms with van der Waals surface area (Å²) in [6, 6.07) is 4.26. The molecule has 0 radical (unpaired) electrons. The summed E-state index contributed by atoms with van der Waals surface area (Å²) in [7, 11) is 0. The van der Waals surface area contributed by atoms with Gasteiger partial charge in [-0.2, -0.15) is 0 Å². The minimum Gasteiger partial charge on any atom is -0.372 e. The van der Waals surface area contributed by atoms with Gasteiger partial charge in [0.25, 0.3) is 0 Å². The van der Waals surface area contributed by atoms with Crippen LogP contribution in [-0.2, 0) is 4.74 Å². The molecule has 1 atom stereocenters. The zero-order valence-electron chi connectivity index (χ0n) is 12.4. The highest BCUT2D eigenvalue weighted by atomic mass is 16.5. The Bertz CT molecular complexity index is 594. The molecule has 0 bridgehead atoms. The standard InChI is InChI=1S/C16H20N4O/c1-11(2)19-16-18-10-13(12-5-7-17-8-6-12)15(20-16)14-4-3-9-21-14/h5-8,10-11,14H,3-4,9H2,1-2H3,(H,18,19,20)/t14-/m0/s1. The Kier molecular flexibility index (Phi) is 4.10. The number of anilines is 1. The van der Waals surface area contributed by atoms with Gasteiger partial charge in [-0.3, -0.25) is 4.98 Å². The summed E-state index contributed by atoms with van der Waals surface area (Å²) in [6.45, 7) is 4.95. The van der Waals surface area contributed by atoms with Crippen LogP contribution in [0.15, 0.2) is 30.7 Å². The molecule has 1 aliphatic rings. The molecule has 2 aromatic rings. The van der Waals surface area contributed by atoms with E-state index in [-0.39, 0.29) is 6.10 Å². The maximum Gasteiger partial charge on any atom is 0.223 e. The van der Waals surface area contributed by atoms with E-state index in [1.807, 2.05) is 18.3 Å². The second-order valence-electron chi connectivity index (χ2n) is 5.53. The molecular formula is C16H20N4O. The van der Waals surface area contributed by atoms with Crippen molar-refractivity contribution >= 4 is 5.95 Å². The Morgan fingerprint density at radius 3 is 2.76 bits per heavy atom. The van der Waals surface area contributed by atoms with Gasteiger partial charge in [0.2, 0.25) is 5.95 Å². The van der Waals surface area contributed by atoms with Crippen LogP contribution < -0.4 is 5.32 Å². The minimum atomic E-state index is 0.0591. The molecule has 0 spiro atoms. The number of aromatic nitrogens is 3. The van der Waals surface area contributed by atoms with Crippen LogP contribution in [-0.4, -0.2) is 27.6 Å². The molecule has 110 valence electrons. The van der Waals surface area contributed by atoms with Crippen molar-refractivity contribution in [2.75, 3.05) is 11.9 Å². The van der Waals surface area contributed by atoms with Crippen LogP contribution in [0.5, 0.6) is 0 Å². The highest BCUT2D eigenvalue weighted by molar-refractivity contribution is 5.65. The number of ether oxygens (including phenoxy) is 1. The van der Waals surface area contributed by atoms with Crippen molar-refractivity contribution in [1.29, 1.82) is 0 Å². The van der Waals surface area contributed by atoms with Crippen LogP contribution >= 0.6 is 0 Å². The fourth-order valence-corrected chi connectivity index (χ4v) is 2.52. The molecule has 5 heteroatoms. The quantitative estimate of drug-likeness (QED) is 0.934. The number of pyridine rings is 1. The summed E-state index contributed by atoms with van der Waals surface area (Å²) in [5, 5.41) is 3.26. The topological polar surface area (TPSA) is 59.9 Å². The van der Waals surface area contributed by atoms with Crippen molar-refractivity contribution < 1.29 is 4.74 Å². The summed E-state index contributed by atoms with van der Waals surface area (Å²) >= 11 is 0. The predicted octanol–water partition coefficient (Wildman–Crippen LogP) is 3.21. The molecule has 1 saturated heterocycles. The molecule has 0 aliphatic carbocycles. The molecule has 1 aliphatic heterocycles. The molecule has 3 heterocycles. The largest absolute Gasteiger partial charge is 0.372 e. The van der Waals surface area contributed by atoms with Gasteiger partial charge in [-0.25, -0.2) is 9.97 Å². The van der Waals surface area contributed by atoms with Gasteiger partial charge in [-0.15, -0.1) is 0 Å². The average molecular weight is 284 g/mol. The fourth-order valence-electron chi connectivity index (χ4n) is 2.52. The number of nitrogens with one attached hydrogen (secondary N) is 1. The molecule has 0 unspecified atom stereocenters. The van der Waals surface area contributed by atoms with Gasteiger partial charge in [0, 0.05) is 36.8 Å². The smallest absolute Gasteiger partial charge is 0.223 e. The number of hydrogen-bond donors (Lipinski definition) is 1. The van der Waals surface area contributed by atoms with Crippen molar-refractivity contribution in [3.05, 3.63) is 36.4 Å². The van der Waals surface area contributed by atoms with Crippen LogP contribution in [0.4, 0.5) is 5.95 Å². The van der Waals surface area contributed by atoms with E-state index in [4.69, 9.17) is 9.72 Å². The van der Waals surface area contributed by atoms with Gasteiger partial charge in [0.05, 0.1) is 5.69 Å². The van der Waals surface area contributed by atoms with Gasteiger partial charge in [0.1, 0.15) is 6.10 Å². The van der Waals surface area contributed by atoms with Crippen LogP contribution in [0.1, 0.15) is 38.5 Å². The Morgan fingerprint density at radius 1 is 1.29 bits per heavy atom. The average Bonchev–Trinajstić information content (AvgIpc) is 3.01. The zero-order chi connectivity index (χ0) is 14.7. The molecule has 21 heavy (non-hydrogen) atoms. The second kappa shape index (κ2) is 6.18. The third-order valence-corrected chi connectivity index (χ3v) is 3.46. The molecule has 3 rings (SSSR count). The molecular weight excluding hydrogens is 264 g/mol. The minimum absolute atomic E-state index is 0.0591. The third kappa shape index (κ3) is 3.19. The van der Waals surface area contributed by atoms with Gasteiger partial charge in [-0.1, -0.05) is 0 Å². The number of rotatable bonds is 4. The summed E-state index contributed by atoms with van der Waals surface area (Å²) in [6.07, 6.45) is 7.60. The summed E-state index contributed by atoms with van der Waals surface area (Å²) in [5.41, 5.74) is 3.07. The first-order valence-corrected chi connectivity index (χ1v) is 7.39. The van der Waals surface area contributed by atoms with Gasteiger partial charge < -0.3 is 10.1 Å². The van der Waals surface area contributed by atoms with Gasteiger partial charge in [-0.05, 0) is 44.4 Å². The molecule has 0 saturated carbocycles. The summed E-state index contributed by atoms with van der Waals surface area (Å²) in [5.74, 6) is 0.660. The third-order valence-electron chi connectivity index (χ3n) is 3.46. The van der Waals surface area contributed by atoms with Gasteiger partial charge in [0.15, 0.2) is 0 Å². The lowest BCUT2D eigenvalue weighted by molar-refractivity contribution is 0.109. The van der Waals surface area contributed by atoms with E-state index in [1.54, 1.807) is 12.4 Å². The Labute approximate surface area is 124 Å². The highest BCUT2D eigenvalue weighted by Gasteiger charge is 2.23. The molecule has 2 aromatic heterocycles. The second-order valence-corrected chi connectivity index (χ2v) is 5.53. The number of hydrogen-bond acceptors (Lipinski definition) is 5. The van der Waals surface area contributed by atoms with Crippen molar-refractivity contribution in [3.63, 3.8) is 0 Å². The first-order valence-electron chi connectivity index (χ1n) is 7.39. The van der Waals surface area contributed by atoms with E-state index in [1.165, 1.54) is 0 Å². The lowest BCUT2D eigenvalue weighted by Crippen LogP contribution is -2.14. The van der Waals surface area contributed by atoms with E-state index in [9.17, 15) is 0 Å². The van der Waals surface area contributed by atoms with Crippen LogP contribution in [0, 0.1) is 0 Å². The maximum absolute atomic E-state index is 5.83. The Balaban J connectivity index is 2.02. The van der Waals surface area contributed by atoms with Crippen LogP contribution in [0.2, 0.25) is 0 Å². The van der Waals surface area contributed by atoms with E-state index in [0.717, 1.165) is 36.3 Å². The van der Waals surface area contributed by atoms with Crippen molar-refractivity contribution in [1.82, 2.24) is 15.0 Å². The first kappa shape index (κ1) is 13.9. The highest BCUT2D eigenvalue weighted by Crippen LogP contribution is 2.34. The zero-order valence-corrected chi connectivity index (χ0v) is 12.4. The van der Waals surface area contributed by atoms with Crippen LogP contribution in [0.25, 0.3) is 11.1 Å². The first-order chi connectivity index (χ1) is 10.2. The molecule has 5 nitrogen and oxygen atoms in total. The molecule has 0 aromatic carbocycles. The Hall–Kier alpha value is -2.01. The van der Waals surface area contributed by atoms with E-state index in [2.05, 4.69) is 29.1 Å². The molecule has 1 N–H and O–H groups in total. The van der Waals surface area contributed by atoms with Crippen molar-refractivity contribution in [2.45, 2.75) is 38.8 Å². The van der Waals surface area contributed by atoms with E-state index >= 15 is 0 Å². The lowest BCUT2D eigenvalue weighted by atomic mass is 10.0. The Morgan fingerprint density at radius 2 is 2.10 bits per heavy atom. The number of nitrogens with zero attached hydrogens (tertiary/aromatic N) is 3. The SMILES string of the molecule is CC(C)Nc1ncc(-c2ccncc2)c([C@@H]2CCCO2)n1. The predicted molar refractivity (Wildman–Crippen MR) is 81.9 cm³/mol. The van der Waals surface area contributed by atoms with E-state index < -0.39 is 0 Å². The monoisotopic (exact) mass is 284 g/mol. The lowest BCUT2D eigenvalue weighted by Gasteiger charge is -2.16. The fraction of sp³-hybridized carbons (Fsp3) is 0.438. The molecule has 0 amide bonds. The maximum atomic E-state index is 5.83. The van der Waals surface area contributed by atoms with Crippen LogP contribution in [0.3, 0.4) is 0 Å². The molecule has 1 fully saturated rings. The summed E-state index contributed by atoms with van der Waals surface area (Å²) in [4.78, 5) is 13.2. The van der Waals surface area contributed by atoms with Crippen molar-refractivity contribution in [3.8, 4) is 11.1 Å². The van der Waals surface area contributed by atoms with Crippen molar-refractivity contribution in [2.24, 2.45) is 0 Å². The van der Waals surface area contributed by atoms with Gasteiger partial charge >= 0.3 is 0 Å².